The van der Waals surface area contributed by atoms with E-state index in [9.17, 15) is 20.0 Å². The lowest BCUT2D eigenvalue weighted by atomic mass is 10.1. The van der Waals surface area contributed by atoms with Gasteiger partial charge in [-0.3, -0.25) is 14.9 Å². The average Bonchev–Trinajstić information content (AvgIpc) is 2.42. The second-order valence-corrected chi connectivity index (χ2v) is 4.92. The Bertz CT molecular complexity index is 597. The van der Waals surface area contributed by atoms with Crippen LogP contribution in [0.5, 0.6) is 5.75 Å². The fraction of sp³-hybridized carbons (Fsp3) is 0.333. The maximum Gasteiger partial charge on any atom is 0.312 e. The molecule has 1 aromatic carbocycles. The number of rotatable bonds is 6. The first-order valence-electron chi connectivity index (χ1n) is 5.79. The summed E-state index contributed by atoms with van der Waals surface area (Å²) in [5.74, 6) is -0.768. The van der Waals surface area contributed by atoms with E-state index in [-0.39, 0.29) is 23.5 Å². The molecule has 0 bridgehead atoms. The number of amides is 1. The van der Waals surface area contributed by atoms with Crippen LogP contribution in [0, 0.1) is 21.4 Å². The van der Waals surface area contributed by atoms with Gasteiger partial charge in [0.15, 0.2) is 6.61 Å². The molecule has 0 saturated heterocycles. The highest BCUT2D eigenvalue weighted by molar-refractivity contribution is 9.10. The van der Waals surface area contributed by atoms with Gasteiger partial charge in [-0.05, 0) is 13.0 Å². The number of nitrogens with zero attached hydrogens (tertiary/aromatic N) is 2. The second kappa shape index (κ2) is 7.56. The number of nitro benzene ring substituents is 1. The number of carbonyl (C=O) groups is 1. The van der Waals surface area contributed by atoms with Gasteiger partial charge in [-0.2, -0.15) is 5.26 Å². The standard InChI is InChI=1S/C12H12BrN3O5/c1-7(17)9-4-8(13)5-10(16(19)20)12(9)21-6-11(18)15-3-2-14/h4-5,7,17H,3,6H2,1H3,(H,15,18). The highest BCUT2D eigenvalue weighted by Crippen LogP contribution is 2.37. The lowest BCUT2D eigenvalue weighted by Crippen LogP contribution is -2.29. The number of nitro groups is 1. The summed E-state index contributed by atoms with van der Waals surface area (Å²) in [7, 11) is 0. The topological polar surface area (TPSA) is 125 Å². The number of halogens is 1. The van der Waals surface area contributed by atoms with E-state index >= 15 is 0 Å². The van der Waals surface area contributed by atoms with Crippen LogP contribution in [0.2, 0.25) is 0 Å². The van der Waals surface area contributed by atoms with Crippen molar-refractivity contribution >= 4 is 27.5 Å². The van der Waals surface area contributed by atoms with Crippen LogP contribution < -0.4 is 10.1 Å². The van der Waals surface area contributed by atoms with Crippen molar-refractivity contribution < 1.29 is 19.6 Å². The summed E-state index contributed by atoms with van der Waals surface area (Å²) in [4.78, 5) is 21.8. The molecule has 0 spiro atoms. The van der Waals surface area contributed by atoms with E-state index in [0.717, 1.165) is 0 Å². The summed E-state index contributed by atoms with van der Waals surface area (Å²) in [5, 5.41) is 31.3. The van der Waals surface area contributed by atoms with Crippen molar-refractivity contribution in [1.82, 2.24) is 5.32 Å². The van der Waals surface area contributed by atoms with Gasteiger partial charge in [0.25, 0.3) is 5.91 Å². The molecule has 8 nitrogen and oxygen atoms in total. The molecule has 0 aliphatic heterocycles. The van der Waals surface area contributed by atoms with Gasteiger partial charge in [0.05, 0.1) is 17.1 Å². The Morgan fingerprint density at radius 1 is 1.67 bits per heavy atom. The van der Waals surface area contributed by atoms with Gasteiger partial charge < -0.3 is 15.2 Å². The number of hydrogen-bond acceptors (Lipinski definition) is 6. The molecule has 0 aromatic heterocycles. The van der Waals surface area contributed by atoms with E-state index < -0.39 is 23.5 Å². The average molecular weight is 358 g/mol. The van der Waals surface area contributed by atoms with Crippen LogP contribution in [0.3, 0.4) is 0 Å². The number of benzene rings is 1. The third kappa shape index (κ3) is 4.70. The first kappa shape index (κ1) is 16.9. The van der Waals surface area contributed by atoms with Gasteiger partial charge in [-0.15, -0.1) is 0 Å². The maximum atomic E-state index is 11.4. The van der Waals surface area contributed by atoms with Crippen molar-refractivity contribution in [2.45, 2.75) is 13.0 Å². The molecule has 0 saturated carbocycles. The van der Waals surface area contributed by atoms with Gasteiger partial charge in [-0.25, -0.2) is 0 Å². The lowest BCUT2D eigenvalue weighted by Gasteiger charge is -2.14. The van der Waals surface area contributed by atoms with Crippen molar-refractivity contribution in [1.29, 1.82) is 5.26 Å². The number of ether oxygens (including phenoxy) is 1. The Balaban J connectivity index is 3.06. The van der Waals surface area contributed by atoms with Crippen molar-refractivity contribution in [2.24, 2.45) is 0 Å². The fourth-order valence-electron chi connectivity index (χ4n) is 1.53. The third-order valence-corrected chi connectivity index (χ3v) is 2.88. The van der Waals surface area contributed by atoms with Gasteiger partial charge in [0.1, 0.15) is 6.54 Å². The summed E-state index contributed by atoms with van der Waals surface area (Å²) in [5.41, 5.74) is -0.183. The molecule has 2 N–H and O–H groups in total. The molecule has 9 heteroatoms. The zero-order valence-electron chi connectivity index (χ0n) is 11.0. The molecule has 0 aliphatic rings. The van der Waals surface area contributed by atoms with Crippen LogP contribution in [0.1, 0.15) is 18.6 Å². The van der Waals surface area contributed by atoms with Crippen molar-refractivity contribution in [3.05, 3.63) is 32.3 Å². The Morgan fingerprint density at radius 2 is 2.33 bits per heavy atom. The summed E-state index contributed by atoms with van der Waals surface area (Å²) < 4.78 is 5.57. The normalized spacial score (nSPS) is 11.3. The predicted octanol–water partition coefficient (Wildman–Crippen LogP) is 1.43. The monoisotopic (exact) mass is 357 g/mol. The maximum absolute atomic E-state index is 11.4. The van der Waals surface area contributed by atoms with Crippen LogP contribution in [-0.2, 0) is 4.79 Å². The number of nitriles is 1. The minimum absolute atomic E-state index is 0.176. The molecule has 112 valence electrons. The van der Waals surface area contributed by atoms with Crippen LogP contribution in [0.15, 0.2) is 16.6 Å². The van der Waals surface area contributed by atoms with Crippen LogP contribution in [0.4, 0.5) is 5.69 Å². The number of aliphatic hydroxyl groups is 1. The molecule has 1 unspecified atom stereocenters. The largest absolute Gasteiger partial charge is 0.476 e. The Morgan fingerprint density at radius 3 is 2.86 bits per heavy atom. The van der Waals surface area contributed by atoms with Gasteiger partial charge in [0, 0.05) is 16.1 Å². The molecule has 0 fully saturated rings. The van der Waals surface area contributed by atoms with E-state index in [1.807, 2.05) is 0 Å². The molecule has 1 rings (SSSR count). The smallest absolute Gasteiger partial charge is 0.312 e. The Hall–Kier alpha value is -2.18. The van der Waals surface area contributed by atoms with Crippen LogP contribution in [-0.4, -0.2) is 29.1 Å². The number of carbonyl (C=O) groups excluding carboxylic acids is 1. The van der Waals surface area contributed by atoms with Crippen molar-refractivity contribution in [2.75, 3.05) is 13.2 Å². The highest BCUT2D eigenvalue weighted by Gasteiger charge is 2.24. The molecule has 1 atom stereocenters. The molecule has 0 aliphatic carbocycles. The first-order chi connectivity index (χ1) is 9.86. The van der Waals surface area contributed by atoms with Gasteiger partial charge >= 0.3 is 5.69 Å². The summed E-state index contributed by atoms with van der Waals surface area (Å²) in [6.07, 6.45) is -1.02. The van der Waals surface area contributed by atoms with E-state index in [4.69, 9.17) is 10.00 Å². The molecule has 0 heterocycles. The molecule has 0 radical (unpaired) electrons. The van der Waals surface area contributed by atoms with Crippen molar-refractivity contribution in [3.8, 4) is 11.8 Å². The molecule has 21 heavy (non-hydrogen) atoms. The number of aliphatic hydroxyl groups excluding tert-OH is 1. The van der Waals surface area contributed by atoms with Gasteiger partial charge in [-0.1, -0.05) is 15.9 Å². The Labute approximate surface area is 128 Å². The minimum Gasteiger partial charge on any atom is -0.476 e. The first-order valence-corrected chi connectivity index (χ1v) is 6.58. The second-order valence-electron chi connectivity index (χ2n) is 4.00. The highest BCUT2D eigenvalue weighted by atomic mass is 79.9. The minimum atomic E-state index is -1.02. The van der Waals surface area contributed by atoms with E-state index in [0.29, 0.717) is 4.47 Å². The number of hydrogen-bond donors (Lipinski definition) is 2. The Kier molecular flexibility index (Phi) is 6.08. The van der Waals surface area contributed by atoms with Crippen molar-refractivity contribution in [3.63, 3.8) is 0 Å². The third-order valence-electron chi connectivity index (χ3n) is 2.42. The van der Waals surface area contributed by atoms with E-state index in [2.05, 4.69) is 21.2 Å². The summed E-state index contributed by atoms with van der Waals surface area (Å²) in [6.45, 7) is 0.742. The summed E-state index contributed by atoms with van der Waals surface area (Å²) >= 11 is 3.11. The van der Waals surface area contributed by atoms with Crippen LogP contribution in [0.25, 0.3) is 0 Å². The van der Waals surface area contributed by atoms with Gasteiger partial charge in [0.2, 0.25) is 5.75 Å². The molecular weight excluding hydrogens is 346 g/mol. The van der Waals surface area contributed by atoms with Crippen LogP contribution >= 0.6 is 15.9 Å². The number of nitrogens with one attached hydrogen (secondary N) is 1. The summed E-state index contributed by atoms with van der Waals surface area (Å²) in [6, 6.07) is 4.41. The van der Waals surface area contributed by atoms with E-state index in [1.165, 1.54) is 19.1 Å². The molecule has 1 aromatic rings. The molecule has 1 amide bonds. The van der Waals surface area contributed by atoms with E-state index in [1.54, 1.807) is 6.07 Å². The quantitative estimate of drug-likeness (QED) is 0.450. The fourth-order valence-corrected chi connectivity index (χ4v) is 1.99. The molecular formula is C12H12BrN3O5. The SMILES string of the molecule is CC(O)c1cc(Br)cc([N+](=O)[O-])c1OCC(=O)NCC#N. The zero-order valence-corrected chi connectivity index (χ0v) is 12.6. The predicted molar refractivity (Wildman–Crippen MR) is 75.5 cm³/mol. The lowest BCUT2D eigenvalue weighted by molar-refractivity contribution is -0.386. The zero-order chi connectivity index (χ0) is 16.0.